The number of β-amino-alcohol motifs (C(OH)–C–C–N with tert-alkyl or cyclic N) is 1. The van der Waals surface area contributed by atoms with E-state index in [9.17, 15) is 14.3 Å². The third-order valence-corrected chi connectivity index (χ3v) is 3.91. The SMILES string of the molecule is O=C(NC[C@@H](O)CN1CCCCC1)Nc1cccc(Cl)c1F. The second kappa shape index (κ2) is 8.31. The van der Waals surface area contributed by atoms with Gasteiger partial charge in [0, 0.05) is 13.1 Å². The minimum atomic E-state index is -0.673. The normalized spacial score (nSPS) is 17.0. The molecule has 1 atom stereocenters. The van der Waals surface area contributed by atoms with Crippen molar-refractivity contribution in [3.8, 4) is 0 Å². The number of halogens is 2. The minimum absolute atomic E-state index is 0.00974. The number of rotatable bonds is 5. The lowest BCUT2D eigenvalue weighted by molar-refractivity contribution is 0.102. The maximum Gasteiger partial charge on any atom is 0.319 e. The number of nitrogens with zero attached hydrogens (tertiary/aromatic N) is 1. The highest BCUT2D eigenvalue weighted by atomic mass is 35.5. The van der Waals surface area contributed by atoms with Gasteiger partial charge in [-0.1, -0.05) is 24.1 Å². The molecule has 1 saturated heterocycles. The van der Waals surface area contributed by atoms with E-state index in [0.717, 1.165) is 25.9 Å². The molecule has 1 aliphatic heterocycles. The summed E-state index contributed by atoms with van der Waals surface area (Å²) in [6.07, 6.45) is 2.88. The average Bonchev–Trinajstić information content (AvgIpc) is 2.51. The Morgan fingerprint density at radius 1 is 1.36 bits per heavy atom. The molecule has 1 aliphatic rings. The minimum Gasteiger partial charge on any atom is -0.390 e. The maximum atomic E-state index is 13.6. The highest BCUT2D eigenvalue weighted by molar-refractivity contribution is 6.31. The lowest BCUT2D eigenvalue weighted by Crippen LogP contribution is -2.43. The van der Waals surface area contributed by atoms with Gasteiger partial charge < -0.3 is 20.6 Å². The van der Waals surface area contributed by atoms with Crippen molar-refractivity contribution in [2.24, 2.45) is 0 Å². The molecule has 0 bridgehead atoms. The molecular formula is C15H21ClFN3O2. The first kappa shape index (κ1) is 17.0. The summed E-state index contributed by atoms with van der Waals surface area (Å²) in [6, 6.07) is 3.80. The molecule has 0 radical (unpaired) electrons. The summed E-state index contributed by atoms with van der Waals surface area (Å²) in [4.78, 5) is 13.9. The van der Waals surface area contributed by atoms with Crippen LogP contribution in [0, 0.1) is 5.82 Å². The van der Waals surface area contributed by atoms with Crippen LogP contribution in [0.3, 0.4) is 0 Å². The monoisotopic (exact) mass is 329 g/mol. The molecule has 2 amide bonds. The maximum absolute atomic E-state index is 13.6. The highest BCUT2D eigenvalue weighted by Gasteiger charge is 2.15. The Balaban J connectivity index is 1.73. The van der Waals surface area contributed by atoms with Crippen LogP contribution in [0.1, 0.15) is 19.3 Å². The second-order valence-corrected chi connectivity index (χ2v) is 5.86. The van der Waals surface area contributed by atoms with Gasteiger partial charge in [-0.05, 0) is 38.1 Å². The number of amides is 2. The number of nitrogens with one attached hydrogen (secondary N) is 2. The number of hydrogen-bond acceptors (Lipinski definition) is 3. The number of piperidine rings is 1. The zero-order chi connectivity index (χ0) is 15.9. The van der Waals surface area contributed by atoms with E-state index in [-0.39, 0.29) is 17.3 Å². The Bertz CT molecular complexity index is 510. The van der Waals surface area contributed by atoms with Gasteiger partial charge in [-0.3, -0.25) is 0 Å². The zero-order valence-corrected chi connectivity index (χ0v) is 13.1. The van der Waals surface area contributed by atoms with E-state index in [4.69, 9.17) is 11.6 Å². The van der Waals surface area contributed by atoms with Crippen LogP contribution in [-0.4, -0.2) is 48.3 Å². The van der Waals surface area contributed by atoms with E-state index in [1.54, 1.807) is 6.07 Å². The summed E-state index contributed by atoms with van der Waals surface area (Å²) in [7, 11) is 0. The Labute approximate surface area is 134 Å². The number of anilines is 1. The smallest absolute Gasteiger partial charge is 0.319 e. The molecule has 2 rings (SSSR count). The van der Waals surface area contributed by atoms with Gasteiger partial charge in [0.25, 0.3) is 0 Å². The molecule has 1 aromatic carbocycles. The van der Waals surface area contributed by atoms with Crippen molar-refractivity contribution in [2.45, 2.75) is 25.4 Å². The van der Waals surface area contributed by atoms with Crippen LogP contribution in [0.2, 0.25) is 5.02 Å². The third-order valence-electron chi connectivity index (χ3n) is 3.62. The topological polar surface area (TPSA) is 64.6 Å². The van der Waals surface area contributed by atoms with Crippen LogP contribution in [0.15, 0.2) is 18.2 Å². The molecule has 0 aromatic heterocycles. The molecule has 122 valence electrons. The van der Waals surface area contributed by atoms with Crippen LogP contribution in [0.5, 0.6) is 0 Å². The lowest BCUT2D eigenvalue weighted by Gasteiger charge is -2.28. The van der Waals surface area contributed by atoms with Crippen molar-refractivity contribution >= 4 is 23.3 Å². The number of urea groups is 1. The van der Waals surface area contributed by atoms with E-state index in [1.807, 2.05) is 0 Å². The van der Waals surface area contributed by atoms with Crippen molar-refractivity contribution in [3.05, 3.63) is 29.0 Å². The van der Waals surface area contributed by atoms with Gasteiger partial charge in [-0.25, -0.2) is 9.18 Å². The summed E-state index contributed by atoms with van der Waals surface area (Å²) in [5.74, 6) is -0.673. The van der Waals surface area contributed by atoms with Crippen molar-refractivity contribution in [2.75, 3.05) is 31.5 Å². The standard InChI is InChI=1S/C15H21ClFN3O2/c16-12-5-4-6-13(14(12)17)19-15(22)18-9-11(21)10-20-7-2-1-3-8-20/h4-6,11,21H,1-3,7-10H2,(H2,18,19,22)/t11-/m1/s1. The first-order valence-electron chi connectivity index (χ1n) is 7.45. The van der Waals surface area contributed by atoms with Crippen LogP contribution in [0.4, 0.5) is 14.9 Å². The Hall–Kier alpha value is -1.37. The fourth-order valence-corrected chi connectivity index (χ4v) is 2.66. The molecule has 1 aromatic rings. The summed E-state index contributed by atoms with van der Waals surface area (Å²) >= 11 is 5.64. The predicted octanol–water partition coefficient (Wildman–Crippen LogP) is 2.45. The molecule has 0 spiro atoms. The molecule has 7 heteroatoms. The summed E-state index contributed by atoms with van der Waals surface area (Å²) in [6.45, 7) is 2.62. The van der Waals surface area contributed by atoms with Gasteiger partial charge in [0.1, 0.15) is 0 Å². The number of likely N-dealkylation sites (tertiary alicyclic amines) is 1. The first-order chi connectivity index (χ1) is 10.6. The van der Waals surface area contributed by atoms with Crippen molar-refractivity contribution in [1.82, 2.24) is 10.2 Å². The second-order valence-electron chi connectivity index (χ2n) is 5.45. The number of aliphatic hydroxyl groups excluding tert-OH is 1. The van der Waals surface area contributed by atoms with Gasteiger partial charge >= 0.3 is 6.03 Å². The van der Waals surface area contributed by atoms with Crippen LogP contribution >= 0.6 is 11.6 Å². The molecule has 5 nitrogen and oxygen atoms in total. The molecule has 1 fully saturated rings. The van der Waals surface area contributed by atoms with Crippen molar-refractivity contribution in [3.63, 3.8) is 0 Å². The van der Waals surface area contributed by atoms with Gasteiger partial charge in [0.15, 0.2) is 5.82 Å². The first-order valence-corrected chi connectivity index (χ1v) is 7.83. The van der Waals surface area contributed by atoms with E-state index in [1.165, 1.54) is 18.6 Å². The van der Waals surface area contributed by atoms with E-state index in [0.29, 0.717) is 6.54 Å². The number of carbonyl (C=O) groups excluding carboxylic acids is 1. The van der Waals surface area contributed by atoms with Crippen LogP contribution in [0.25, 0.3) is 0 Å². The highest BCUT2D eigenvalue weighted by Crippen LogP contribution is 2.21. The van der Waals surface area contributed by atoms with E-state index in [2.05, 4.69) is 15.5 Å². The molecular weight excluding hydrogens is 309 g/mol. The largest absolute Gasteiger partial charge is 0.390 e. The van der Waals surface area contributed by atoms with Gasteiger partial charge in [-0.15, -0.1) is 0 Å². The van der Waals surface area contributed by atoms with E-state index >= 15 is 0 Å². The van der Waals surface area contributed by atoms with Gasteiger partial charge in [0.05, 0.1) is 16.8 Å². The lowest BCUT2D eigenvalue weighted by atomic mass is 10.1. The summed E-state index contributed by atoms with van der Waals surface area (Å²) < 4.78 is 13.6. The fourth-order valence-electron chi connectivity index (χ4n) is 2.48. The summed E-state index contributed by atoms with van der Waals surface area (Å²) in [5, 5.41) is 14.8. The molecule has 0 saturated carbocycles. The molecule has 22 heavy (non-hydrogen) atoms. The van der Waals surface area contributed by atoms with Gasteiger partial charge in [0.2, 0.25) is 0 Å². The Morgan fingerprint density at radius 2 is 2.09 bits per heavy atom. The molecule has 0 aliphatic carbocycles. The molecule has 3 N–H and O–H groups in total. The zero-order valence-electron chi connectivity index (χ0n) is 12.3. The third kappa shape index (κ3) is 5.12. The number of aliphatic hydroxyl groups is 1. The Morgan fingerprint density at radius 3 is 2.82 bits per heavy atom. The van der Waals surface area contributed by atoms with Crippen LogP contribution < -0.4 is 10.6 Å². The molecule has 1 heterocycles. The number of benzene rings is 1. The fraction of sp³-hybridized carbons (Fsp3) is 0.533. The van der Waals surface area contributed by atoms with Crippen molar-refractivity contribution in [1.29, 1.82) is 0 Å². The number of hydrogen-bond donors (Lipinski definition) is 3. The molecule has 0 unspecified atom stereocenters. The average molecular weight is 330 g/mol. The van der Waals surface area contributed by atoms with Gasteiger partial charge in [-0.2, -0.15) is 0 Å². The number of carbonyl (C=O) groups is 1. The van der Waals surface area contributed by atoms with Crippen molar-refractivity contribution < 1.29 is 14.3 Å². The van der Waals surface area contributed by atoms with E-state index < -0.39 is 18.0 Å². The quantitative estimate of drug-likeness (QED) is 0.777. The predicted molar refractivity (Wildman–Crippen MR) is 84.7 cm³/mol. The van der Waals surface area contributed by atoms with Crippen LogP contribution in [-0.2, 0) is 0 Å². The Kier molecular flexibility index (Phi) is 6.42. The summed E-state index contributed by atoms with van der Waals surface area (Å²) in [5.41, 5.74) is 0.00974.